The Morgan fingerprint density at radius 2 is 1.40 bits per heavy atom. The van der Waals surface area contributed by atoms with Crippen molar-refractivity contribution in [2.75, 3.05) is 0 Å². The smallest absolute Gasteiger partial charge is 0.136 e. The molecule has 56 valence electrons. The summed E-state index contributed by atoms with van der Waals surface area (Å²) in [6.07, 6.45) is 0. The van der Waals surface area contributed by atoms with Crippen molar-refractivity contribution < 1.29 is 0 Å². The fourth-order valence-electron chi connectivity index (χ4n) is 0.289. The Kier molecular flexibility index (Phi) is 5.06. The Balaban J connectivity index is 3.65. The summed E-state index contributed by atoms with van der Waals surface area (Å²) in [5.41, 5.74) is 0. The van der Waals surface area contributed by atoms with Crippen LogP contribution in [0.2, 0.25) is 0 Å². The first-order valence-corrected chi connectivity index (χ1v) is 3.92. The molecular formula is C4H6N2S4. The van der Waals surface area contributed by atoms with E-state index in [9.17, 15) is 0 Å². The fourth-order valence-corrected chi connectivity index (χ4v) is 0.806. The van der Waals surface area contributed by atoms with Gasteiger partial charge in [-0.2, -0.15) is 0 Å². The maximum atomic E-state index is 4.61. The molecule has 2 N–H and O–H groups in total. The third-order valence-corrected chi connectivity index (χ3v) is 0.943. The lowest BCUT2D eigenvalue weighted by atomic mass is 10.8. The minimum Gasteiger partial charge on any atom is -0.328 e. The lowest BCUT2D eigenvalue weighted by molar-refractivity contribution is 1.03. The first-order valence-electron chi connectivity index (χ1n) is 2.21. The first kappa shape index (κ1) is 10.2. The molecule has 0 fully saturated rings. The van der Waals surface area contributed by atoms with Crippen LogP contribution in [0.3, 0.4) is 0 Å². The van der Waals surface area contributed by atoms with Crippen LogP contribution in [0.1, 0.15) is 0 Å². The van der Waals surface area contributed by atoms with E-state index < -0.39 is 0 Å². The quantitative estimate of drug-likeness (QED) is 0.405. The average molecular weight is 210 g/mol. The van der Waals surface area contributed by atoms with E-state index in [-0.39, 0.29) is 0 Å². The van der Waals surface area contributed by atoms with Gasteiger partial charge in [-0.15, -0.1) is 25.3 Å². The van der Waals surface area contributed by atoms with Crippen LogP contribution in [0.4, 0.5) is 0 Å². The summed E-state index contributed by atoms with van der Waals surface area (Å²) in [6, 6.07) is 0. The summed E-state index contributed by atoms with van der Waals surface area (Å²) in [6.45, 7) is 3.54. The van der Waals surface area contributed by atoms with E-state index in [0.29, 0.717) is 14.5 Å². The number of thiol groups is 2. The Bertz CT molecular complexity index is 158. The molecule has 0 spiro atoms. The van der Waals surface area contributed by atoms with E-state index in [1.807, 2.05) is 0 Å². The van der Waals surface area contributed by atoms with Gasteiger partial charge in [0.15, 0.2) is 0 Å². The molecule has 0 aromatic rings. The van der Waals surface area contributed by atoms with E-state index >= 15 is 0 Å². The normalized spacial score (nSPS) is 8.20. The lowest BCUT2D eigenvalue weighted by Crippen LogP contribution is -2.28. The molecule has 0 rings (SSSR count). The zero-order chi connectivity index (χ0) is 8.15. The summed E-state index contributed by atoms with van der Waals surface area (Å²) in [5, 5.41) is 5.26. The summed E-state index contributed by atoms with van der Waals surface area (Å²) in [5.74, 6) is 0.472. The molecule has 0 amide bonds. The van der Waals surface area contributed by atoms with Gasteiger partial charge in [0, 0.05) is 0 Å². The minimum atomic E-state index is 0.335. The van der Waals surface area contributed by atoms with E-state index in [2.05, 4.69) is 66.9 Å². The topological polar surface area (TPSA) is 24.1 Å². The van der Waals surface area contributed by atoms with Gasteiger partial charge in [-0.3, -0.25) is 0 Å². The van der Waals surface area contributed by atoms with Crippen LogP contribution < -0.4 is 10.6 Å². The van der Waals surface area contributed by atoms with Crippen molar-refractivity contribution >= 4 is 58.3 Å². The van der Waals surface area contributed by atoms with Crippen molar-refractivity contribution in [3.05, 3.63) is 12.4 Å². The van der Waals surface area contributed by atoms with Crippen LogP contribution >= 0.6 is 49.7 Å². The highest BCUT2D eigenvalue weighted by atomic mass is 32.1. The first-order chi connectivity index (χ1) is 4.52. The van der Waals surface area contributed by atoms with Crippen molar-refractivity contribution in [2.24, 2.45) is 0 Å². The second-order valence-corrected chi connectivity index (χ2v) is 3.65. The molecule has 0 saturated heterocycles. The maximum Gasteiger partial charge on any atom is 0.136 e. The molecule has 0 atom stereocenters. The van der Waals surface area contributed by atoms with Gasteiger partial charge < -0.3 is 10.6 Å². The molecule has 2 nitrogen and oxygen atoms in total. The Hall–Kier alpha value is 0.220. The Morgan fingerprint density at radius 1 is 1.10 bits per heavy atom. The number of rotatable bonds is 2. The van der Waals surface area contributed by atoms with Crippen LogP contribution in [0, 0.1) is 0 Å². The zero-order valence-electron chi connectivity index (χ0n) is 4.92. The highest BCUT2D eigenvalue weighted by Gasteiger charge is 1.92. The van der Waals surface area contributed by atoms with Crippen molar-refractivity contribution in [2.45, 2.75) is 0 Å². The zero-order valence-corrected chi connectivity index (χ0v) is 8.34. The summed E-state index contributed by atoms with van der Waals surface area (Å²) in [4.78, 5) is 0. The largest absolute Gasteiger partial charge is 0.328 e. The van der Waals surface area contributed by atoms with Gasteiger partial charge in [-0.1, -0.05) is 31.0 Å². The van der Waals surface area contributed by atoms with Gasteiger partial charge in [-0.05, 0) is 0 Å². The van der Waals surface area contributed by atoms with E-state index in [1.165, 1.54) is 0 Å². The average Bonchev–Trinajstić information content (AvgIpc) is 1.58. The predicted molar refractivity (Wildman–Crippen MR) is 58.6 cm³/mol. The van der Waals surface area contributed by atoms with Crippen LogP contribution in [-0.2, 0) is 0 Å². The SMILES string of the molecule is C=C(NC(=S)S)NC(=S)S. The third-order valence-electron chi connectivity index (χ3n) is 0.516. The number of nitrogens with one attached hydrogen (secondary N) is 2. The van der Waals surface area contributed by atoms with Crippen LogP contribution in [-0.4, -0.2) is 8.64 Å². The van der Waals surface area contributed by atoms with Crippen molar-refractivity contribution in [1.82, 2.24) is 10.6 Å². The number of hydrogen-bond donors (Lipinski definition) is 4. The molecule has 0 aliphatic rings. The highest BCUT2D eigenvalue weighted by molar-refractivity contribution is 8.11. The molecule has 0 heterocycles. The summed E-state index contributed by atoms with van der Waals surface area (Å²) in [7, 11) is 0. The molecule has 0 bridgehead atoms. The second-order valence-electron chi connectivity index (χ2n) is 1.34. The van der Waals surface area contributed by atoms with Crippen molar-refractivity contribution in [3.63, 3.8) is 0 Å². The predicted octanol–water partition coefficient (Wildman–Crippen LogP) is 1.07. The van der Waals surface area contributed by atoms with E-state index in [1.54, 1.807) is 0 Å². The molecule has 0 aromatic heterocycles. The summed E-state index contributed by atoms with van der Waals surface area (Å²) >= 11 is 16.8. The number of thiocarbonyl (C=S) groups is 2. The van der Waals surface area contributed by atoms with Crippen LogP contribution in [0.5, 0.6) is 0 Å². The van der Waals surface area contributed by atoms with Crippen LogP contribution in [0.15, 0.2) is 12.4 Å². The Morgan fingerprint density at radius 3 is 1.60 bits per heavy atom. The fraction of sp³-hybridized carbons (Fsp3) is 0. The van der Waals surface area contributed by atoms with Gasteiger partial charge in [-0.25, -0.2) is 0 Å². The molecule has 0 unspecified atom stereocenters. The molecule has 0 aliphatic carbocycles. The molecule has 0 radical (unpaired) electrons. The van der Waals surface area contributed by atoms with Gasteiger partial charge in [0.2, 0.25) is 0 Å². The van der Waals surface area contributed by atoms with E-state index in [4.69, 9.17) is 0 Å². The minimum absolute atomic E-state index is 0.335. The molecule has 6 heteroatoms. The second kappa shape index (κ2) is 4.95. The molecule has 0 saturated carbocycles. The third kappa shape index (κ3) is 6.34. The Labute approximate surface area is 81.3 Å². The van der Waals surface area contributed by atoms with Gasteiger partial charge >= 0.3 is 0 Å². The van der Waals surface area contributed by atoms with Crippen molar-refractivity contribution in [1.29, 1.82) is 0 Å². The molecular weight excluding hydrogens is 204 g/mol. The lowest BCUT2D eigenvalue weighted by Gasteiger charge is -2.06. The molecule has 0 aromatic carbocycles. The number of hydrogen-bond acceptors (Lipinski definition) is 2. The molecule has 10 heavy (non-hydrogen) atoms. The maximum absolute atomic E-state index is 4.61. The van der Waals surface area contributed by atoms with Gasteiger partial charge in [0.1, 0.15) is 14.5 Å². The van der Waals surface area contributed by atoms with Crippen LogP contribution in [0.25, 0.3) is 0 Å². The standard InChI is InChI=1S/C4H6N2S4/c1-2(5-3(7)8)6-4(9)10/h1H2,(H2,5,7,8)(H2,6,9,10). The monoisotopic (exact) mass is 210 g/mol. The highest BCUT2D eigenvalue weighted by Crippen LogP contribution is 1.86. The molecule has 0 aliphatic heterocycles. The van der Waals surface area contributed by atoms with Gasteiger partial charge in [0.05, 0.1) is 0 Å². The van der Waals surface area contributed by atoms with Crippen molar-refractivity contribution in [3.8, 4) is 0 Å². The van der Waals surface area contributed by atoms with Gasteiger partial charge in [0.25, 0.3) is 0 Å². The van der Waals surface area contributed by atoms with E-state index in [0.717, 1.165) is 0 Å². The summed E-state index contributed by atoms with van der Waals surface area (Å²) < 4.78 is 0.671.